The fourth-order valence-corrected chi connectivity index (χ4v) is 2.57. The minimum Gasteiger partial charge on any atom is -0.435 e. The highest BCUT2D eigenvalue weighted by atomic mass is 19.3. The molecular weight excluding hydrogens is 236 g/mol. The zero-order chi connectivity index (χ0) is 13.0. The molecule has 18 heavy (non-hydrogen) atoms. The van der Waals surface area contributed by atoms with E-state index in [0.717, 1.165) is 24.4 Å². The highest BCUT2D eigenvalue weighted by molar-refractivity contribution is 5.49. The molecule has 2 nitrogen and oxygen atoms in total. The van der Waals surface area contributed by atoms with E-state index >= 15 is 0 Å². The zero-order valence-electron chi connectivity index (χ0n) is 10.5. The van der Waals surface area contributed by atoms with E-state index in [2.05, 4.69) is 17.0 Å². The van der Waals surface area contributed by atoms with E-state index in [1.807, 2.05) is 6.07 Å². The van der Waals surface area contributed by atoms with Crippen molar-refractivity contribution in [2.75, 3.05) is 5.32 Å². The quantitative estimate of drug-likeness (QED) is 0.848. The van der Waals surface area contributed by atoms with Crippen LogP contribution in [0.15, 0.2) is 24.3 Å². The van der Waals surface area contributed by atoms with Crippen molar-refractivity contribution >= 4 is 5.69 Å². The summed E-state index contributed by atoms with van der Waals surface area (Å²) in [5.74, 6) is 1.00. The molecule has 2 unspecified atom stereocenters. The number of hydrogen-bond acceptors (Lipinski definition) is 2. The summed E-state index contributed by atoms with van der Waals surface area (Å²) < 4.78 is 28.6. The minimum absolute atomic E-state index is 0.208. The van der Waals surface area contributed by atoms with Crippen LogP contribution < -0.4 is 10.1 Å². The first-order valence-electron chi connectivity index (χ1n) is 6.48. The van der Waals surface area contributed by atoms with Gasteiger partial charge in [0, 0.05) is 17.8 Å². The Morgan fingerprint density at radius 2 is 2.22 bits per heavy atom. The van der Waals surface area contributed by atoms with Gasteiger partial charge in [-0.05, 0) is 37.3 Å². The third kappa shape index (κ3) is 3.59. The van der Waals surface area contributed by atoms with Crippen LogP contribution in [0, 0.1) is 5.92 Å². The molecule has 1 aromatic rings. The number of hydrogen-bond donors (Lipinski definition) is 1. The van der Waals surface area contributed by atoms with E-state index in [4.69, 9.17) is 0 Å². The topological polar surface area (TPSA) is 21.3 Å². The summed E-state index contributed by atoms with van der Waals surface area (Å²) in [6.45, 7) is -0.555. The predicted molar refractivity (Wildman–Crippen MR) is 68.1 cm³/mol. The molecule has 1 fully saturated rings. The summed E-state index contributed by atoms with van der Waals surface area (Å²) in [6.07, 6.45) is 4.78. The fourth-order valence-electron chi connectivity index (χ4n) is 2.57. The average Bonchev–Trinajstić information content (AvgIpc) is 2.76. The van der Waals surface area contributed by atoms with Crippen molar-refractivity contribution in [3.05, 3.63) is 24.3 Å². The van der Waals surface area contributed by atoms with Crippen LogP contribution in [0.3, 0.4) is 0 Å². The molecule has 4 heteroatoms. The fraction of sp³-hybridized carbons (Fsp3) is 0.571. The van der Waals surface area contributed by atoms with Gasteiger partial charge in [0.05, 0.1) is 0 Å². The smallest absolute Gasteiger partial charge is 0.387 e. The molecule has 2 atom stereocenters. The summed E-state index contributed by atoms with van der Waals surface area (Å²) in [6, 6.07) is 7.24. The van der Waals surface area contributed by atoms with Crippen LogP contribution in [0.1, 0.15) is 32.6 Å². The highest BCUT2D eigenvalue weighted by Crippen LogP contribution is 2.30. The van der Waals surface area contributed by atoms with Crippen LogP contribution in [0.2, 0.25) is 0 Å². The molecule has 0 spiro atoms. The molecule has 1 aliphatic carbocycles. The Balaban J connectivity index is 1.93. The largest absolute Gasteiger partial charge is 0.435 e. The summed E-state index contributed by atoms with van der Waals surface area (Å²) in [4.78, 5) is 0. The van der Waals surface area contributed by atoms with Crippen LogP contribution in [-0.2, 0) is 0 Å². The van der Waals surface area contributed by atoms with Crippen molar-refractivity contribution in [1.29, 1.82) is 0 Å². The number of benzene rings is 1. The molecule has 0 radical (unpaired) electrons. The Hall–Kier alpha value is -1.32. The molecule has 1 aliphatic rings. The number of alkyl halides is 2. The molecule has 0 saturated heterocycles. The lowest BCUT2D eigenvalue weighted by molar-refractivity contribution is -0.0498. The van der Waals surface area contributed by atoms with Gasteiger partial charge in [0.25, 0.3) is 0 Å². The van der Waals surface area contributed by atoms with Gasteiger partial charge < -0.3 is 10.1 Å². The van der Waals surface area contributed by atoms with Crippen molar-refractivity contribution in [3.63, 3.8) is 0 Å². The van der Waals surface area contributed by atoms with Crippen molar-refractivity contribution in [2.24, 2.45) is 5.92 Å². The molecule has 1 aromatic carbocycles. The summed E-state index contributed by atoms with van der Waals surface area (Å²) in [5, 5.41) is 3.39. The number of ether oxygens (including phenoxy) is 1. The van der Waals surface area contributed by atoms with Crippen molar-refractivity contribution in [1.82, 2.24) is 0 Å². The number of anilines is 1. The van der Waals surface area contributed by atoms with E-state index in [1.165, 1.54) is 12.8 Å². The Kier molecular flexibility index (Phi) is 4.39. The molecule has 0 aliphatic heterocycles. The second-order valence-corrected chi connectivity index (χ2v) is 4.83. The summed E-state index contributed by atoms with van der Waals surface area (Å²) in [7, 11) is 0. The Morgan fingerprint density at radius 3 is 2.89 bits per heavy atom. The second-order valence-electron chi connectivity index (χ2n) is 4.83. The number of rotatable bonds is 5. The van der Waals surface area contributed by atoms with Crippen LogP contribution in [0.25, 0.3) is 0 Å². The van der Waals surface area contributed by atoms with Gasteiger partial charge >= 0.3 is 6.61 Å². The summed E-state index contributed by atoms with van der Waals surface area (Å²) >= 11 is 0. The van der Waals surface area contributed by atoms with Crippen LogP contribution in [0.4, 0.5) is 14.5 Å². The monoisotopic (exact) mass is 255 g/mol. The van der Waals surface area contributed by atoms with Crippen molar-refractivity contribution < 1.29 is 13.5 Å². The van der Waals surface area contributed by atoms with Crippen molar-refractivity contribution in [2.45, 2.75) is 45.3 Å². The average molecular weight is 255 g/mol. The Bertz CT molecular complexity index is 384. The first-order chi connectivity index (χ1) is 8.67. The maximum atomic E-state index is 12.1. The van der Waals surface area contributed by atoms with E-state index < -0.39 is 6.61 Å². The van der Waals surface area contributed by atoms with Gasteiger partial charge in [-0.2, -0.15) is 8.78 Å². The standard InChI is InChI=1S/C14H19F2NO/c1-2-10-6-7-12(8-10)17-11-4-3-5-13(9-11)18-14(15)16/h3-5,9-10,12,14,17H,2,6-8H2,1H3. The van der Waals surface area contributed by atoms with Crippen LogP contribution >= 0.6 is 0 Å². The van der Waals surface area contributed by atoms with Crippen LogP contribution in [-0.4, -0.2) is 12.7 Å². The molecule has 0 amide bonds. The van der Waals surface area contributed by atoms with E-state index in [9.17, 15) is 8.78 Å². The Labute approximate surface area is 106 Å². The SMILES string of the molecule is CCC1CCC(Nc2cccc(OC(F)F)c2)C1. The highest BCUT2D eigenvalue weighted by Gasteiger charge is 2.23. The van der Waals surface area contributed by atoms with E-state index in [0.29, 0.717) is 6.04 Å². The van der Waals surface area contributed by atoms with Crippen molar-refractivity contribution in [3.8, 4) is 5.75 Å². The maximum Gasteiger partial charge on any atom is 0.387 e. The minimum atomic E-state index is -2.77. The molecule has 1 N–H and O–H groups in total. The van der Waals surface area contributed by atoms with Gasteiger partial charge in [-0.1, -0.05) is 19.4 Å². The molecule has 100 valence electrons. The number of nitrogens with one attached hydrogen (secondary N) is 1. The van der Waals surface area contributed by atoms with E-state index in [-0.39, 0.29) is 5.75 Å². The lowest BCUT2D eigenvalue weighted by Gasteiger charge is -2.15. The lowest BCUT2D eigenvalue weighted by Crippen LogP contribution is -2.15. The zero-order valence-corrected chi connectivity index (χ0v) is 10.5. The van der Waals surface area contributed by atoms with Gasteiger partial charge in [0.15, 0.2) is 0 Å². The first-order valence-corrected chi connectivity index (χ1v) is 6.48. The molecular formula is C14H19F2NO. The Morgan fingerprint density at radius 1 is 1.39 bits per heavy atom. The molecule has 0 bridgehead atoms. The van der Waals surface area contributed by atoms with E-state index in [1.54, 1.807) is 18.2 Å². The first kappa shape index (κ1) is 13.1. The second kappa shape index (κ2) is 6.03. The third-order valence-corrected chi connectivity index (χ3v) is 3.55. The lowest BCUT2D eigenvalue weighted by atomic mass is 10.1. The van der Waals surface area contributed by atoms with Crippen LogP contribution in [0.5, 0.6) is 5.75 Å². The van der Waals surface area contributed by atoms with Gasteiger partial charge in [0.1, 0.15) is 5.75 Å². The van der Waals surface area contributed by atoms with Gasteiger partial charge in [-0.3, -0.25) is 0 Å². The van der Waals surface area contributed by atoms with Gasteiger partial charge in [-0.15, -0.1) is 0 Å². The molecule has 0 heterocycles. The normalized spacial score (nSPS) is 23.3. The predicted octanol–water partition coefficient (Wildman–Crippen LogP) is 4.28. The molecule has 2 rings (SSSR count). The third-order valence-electron chi connectivity index (χ3n) is 3.55. The summed E-state index contributed by atoms with van der Waals surface area (Å²) in [5.41, 5.74) is 0.856. The van der Waals surface area contributed by atoms with Gasteiger partial charge in [0.2, 0.25) is 0 Å². The molecule has 0 aromatic heterocycles. The van der Waals surface area contributed by atoms with Gasteiger partial charge in [-0.25, -0.2) is 0 Å². The number of halogens is 2. The maximum absolute atomic E-state index is 12.1. The molecule has 1 saturated carbocycles.